The number of fused-ring (bicyclic) bond motifs is 1. The van der Waals surface area contributed by atoms with Gasteiger partial charge in [0.25, 0.3) is 0 Å². The Morgan fingerprint density at radius 1 is 1.16 bits per heavy atom. The number of aromatic amines is 1. The van der Waals surface area contributed by atoms with Crippen molar-refractivity contribution in [2.45, 2.75) is 30.8 Å². The Labute approximate surface area is 186 Å². The molecular weight excluding hydrogens is 436 g/mol. The maximum absolute atomic E-state index is 13.0. The van der Waals surface area contributed by atoms with Crippen LogP contribution in [-0.4, -0.2) is 54.0 Å². The van der Waals surface area contributed by atoms with Crippen LogP contribution in [-0.2, 0) is 14.8 Å². The smallest absolute Gasteiger partial charge is 0.246 e. The molecule has 0 fully saturated rings. The van der Waals surface area contributed by atoms with Crippen molar-refractivity contribution < 1.29 is 17.9 Å². The highest BCUT2D eigenvalue weighted by molar-refractivity contribution is 7.99. The number of thioether (sulfide) groups is 1. The van der Waals surface area contributed by atoms with Gasteiger partial charge in [-0.05, 0) is 37.3 Å². The minimum absolute atomic E-state index is 0.0424. The topological polar surface area (TPSA) is 104 Å². The number of para-hydroxylation sites is 2. The van der Waals surface area contributed by atoms with Crippen molar-refractivity contribution in [3.8, 4) is 5.75 Å². The van der Waals surface area contributed by atoms with Crippen molar-refractivity contribution in [2.75, 3.05) is 30.8 Å². The summed E-state index contributed by atoms with van der Waals surface area (Å²) in [6.07, 6.45) is 0. The molecule has 0 radical (unpaired) electrons. The van der Waals surface area contributed by atoms with Crippen LogP contribution in [0.3, 0.4) is 0 Å². The van der Waals surface area contributed by atoms with Gasteiger partial charge in [0.1, 0.15) is 10.6 Å². The van der Waals surface area contributed by atoms with Crippen LogP contribution in [0.4, 0.5) is 5.69 Å². The highest BCUT2D eigenvalue weighted by Crippen LogP contribution is 2.30. The molecule has 0 spiro atoms. The van der Waals surface area contributed by atoms with Gasteiger partial charge < -0.3 is 15.0 Å². The fraction of sp³-hybridized carbons (Fsp3) is 0.333. The molecule has 1 heterocycles. The minimum Gasteiger partial charge on any atom is -0.492 e. The molecule has 1 aromatic heterocycles. The van der Waals surface area contributed by atoms with E-state index < -0.39 is 10.0 Å². The summed E-state index contributed by atoms with van der Waals surface area (Å²) < 4.78 is 33.0. The third-order valence-corrected chi connectivity index (χ3v) is 7.50. The number of rotatable bonds is 10. The van der Waals surface area contributed by atoms with Gasteiger partial charge in [0, 0.05) is 18.8 Å². The molecule has 0 aliphatic carbocycles. The number of nitrogens with zero attached hydrogens (tertiary/aromatic N) is 2. The van der Waals surface area contributed by atoms with E-state index in [0.29, 0.717) is 30.5 Å². The van der Waals surface area contributed by atoms with E-state index in [1.807, 2.05) is 24.3 Å². The van der Waals surface area contributed by atoms with Gasteiger partial charge in [-0.2, -0.15) is 4.31 Å². The van der Waals surface area contributed by atoms with Crippen molar-refractivity contribution in [3.05, 3.63) is 42.5 Å². The Balaban J connectivity index is 1.75. The lowest BCUT2D eigenvalue weighted by atomic mass is 10.3. The number of nitrogens with one attached hydrogen (secondary N) is 2. The van der Waals surface area contributed by atoms with Crippen molar-refractivity contribution in [1.29, 1.82) is 0 Å². The van der Waals surface area contributed by atoms with Crippen LogP contribution in [0.2, 0.25) is 0 Å². The van der Waals surface area contributed by atoms with Crippen LogP contribution in [0.5, 0.6) is 5.75 Å². The van der Waals surface area contributed by atoms with Gasteiger partial charge in [-0.3, -0.25) is 4.79 Å². The highest BCUT2D eigenvalue weighted by atomic mass is 32.2. The van der Waals surface area contributed by atoms with Gasteiger partial charge in [-0.1, -0.05) is 37.7 Å². The van der Waals surface area contributed by atoms with Crippen LogP contribution in [0.1, 0.15) is 20.8 Å². The first-order valence-electron chi connectivity index (χ1n) is 10.0. The van der Waals surface area contributed by atoms with Crippen LogP contribution in [0.15, 0.2) is 52.5 Å². The molecule has 2 aromatic carbocycles. The zero-order chi connectivity index (χ0) is 22.4. The summed E-state index contributed by atoms with van der Waals surface area (Å²) in [6, 6.07) is 12.3. The minimum atomic E-state index is -3.75. The van der Waals surface area contributed by atoms with Gasteiger partial charge in [0.2, 0.25) is 15.9 Å². The standard InChI is InChI=1S/C21H26N4O4S2/c1-4-25(5-2)31(27,28)19-13-15(11-12-18(19)29-6-3)22-20(26)14-30-21-23-16-9-7-8-10-17(16)24-21/h7-13H,4-6,14H2,1-3H3,(H,22,26)(H,23,24). The molecule has 8 nitrogen and oxygen atoms in total. The number of aromatic nitrogens is 2. The number of anilines is 1. The number of H-pyrrole nitrogens is 1. The van der Waals surface area contributed by atoms with E-state index in [9.17, 15) is 13.2 Å². The summed E-state index contributed by atoms with van der Waals surface area (Å²) in [5.74, 6) is 0.135. The van der Waals surface area contributed by atoms with Crippen molar-refractivity contribution in [2.24, 2.45) is 0 Å². The maximum atomic E-state index is 13.0. The summed E-state index contributed by atoms with van der Waals surface area (Å²) in [4.78, 5) is 20.1. The van der Waals surface area contributed by atoms with Crippen molar-refractivity contribution in [1.82, 2.24) is 14.3 Å². The van der Waals surface area contributed by atoms with Gasteiger partial charge in [0.15, 0.2) is 5.16 Å². The Morgan fingerprint density at radius 2 is 1.90 bits per heavy atom. The average molecular weight is 463 g/mol. The number of benzene rings is 2. The summed E-state index contributed by atoms with van der Waals surface area (Å²) >= 11 is 1.28. The average Bonchev–Trinajstić information content (AvgIpc) is 3.17. The quantitative estimate of drug-likeness (QED) is 0.445. The first-order valence-corrected chi connectivity index (χ1v) is 12.5. The number of sulfonamides is 1. The zero-order valence-corrected chi connectivity index (χ0v) is 19.3. The molecule has 10 heteroatoms. The van der Waals surface area contributed by atoms with E-state index in [-0.39, 0.29) is 22.3 Å². The summed E-state index contributed by atoms with van der Waals surface area (Å²) in [5.41, 5.74) is 2.13. The molecule has 0 atom stereocenters. The Bertz CT molecular complexity index is 1120. The Kier molecular flexibility index (Phi) is 7.58. The zero-order valence-electron chi connectivity index (χ0n) is 17.7. The largest absolute Gasteiger partial charge is 0.492 e. The molecule has 0 bridgehead atoms. The molecule has 1 amide bonds. The van der Waals surface area contributed by atoms with E-state index in [1.165, 1.54) is 22.1 Å². The fourth-order valence-corrected chi connectivity index (χ4v) is 5.39. The molecule has 0 saturated heterocycles. The normalized spacial score (nSPS) is 11.7. The van der Waals surface area contributed by atoms with Crippen LogP contribution in [0, 0.1) is 0 Å². The maximum Gasteiger partial charge on any atom is 0.246 e. The fourth-order valence-electron chi connectivity index (χ4n) is 3.09. The number of hydrogen-bond donors (Lipinski definition) is 2. The number of amides is 1. The molecule has 166 valence electrons. The predicted octanol–water partition coefficient (Wildman–Crippen LogP) is 3.72. The molecule has 0 aliphatic rings. The van der Waals surface area contributed by atoms with E-state index in [1.54, 1.807) is 32.9 Å². The van der Waals surface area contributed by atoms with E-state index in [0.717, 1.165) is 11.0 Å². The van der Waals surface area contributed by atoms with E-state index >= 15 is 0 Å². The van der Waals surface area contributed by atoms with Gasteiger partial charge in [-0.25, -0.2) is 13.4 Å². The van der Waals surface area contributed by atoms with E-state index in [4.69, 9.17) is 4.74 Å². The summed E-state index contributed by atoms with van der Waals surface area (Å²) in [7, 11) is -3.75. The van der Waals surface area contributed by atoms with Gasteiger partial charge in [-0.15, -0.1) is 0 Å². The number of carbonyl (C=O) groups is 1. The van der Waals surface area contributed by atoms with Crippen LogP contribution in [0.25, 0.3) is 11.0 Å². The molecular formula is C21H26N4O4S2. The molecule has 0 unspecified atom stereocenters. The first-order chi connectivity index (χ1) is 14.9. The molecule has 0 saturated carbocycles. The SMILES string of the molecule is CCOc1ccc(NC(=O)CSc2nc3ccccc3[nH]2)cc1S(=O)(=O)N(CC)CC. The lowest BCUT2D eigenvalue weighted by Crippen LogP contribution is -2.31. The number of carbonyl (C=O) groups excluding carboxylic acids is 1. The second-order valence-electron chi connectivity index (χ2n) is 6.58. The second-order valence-corrected chi connectivity index (χ2v) is 9.45. The number of hydrogen-bond acceptors (Lipinski definition) is 6. The molecule has 2 N–H and O–H groups in total. The number of imidazole rings is 1. The predicted molar refractivity (Wildman–Crippen MR) is 123 cm³/mol. The lowest BCUT2D eigenvalue weighted by molar-refractivity contribution is -0.113. The summed E-state index contributed by atoms with van der Waals surface area (Å²) in [5, 5.41) is 3.41. The Morgan fingerprint density at radius 3 is 2.58 bits per heavy atom. The van der Waals surface area contributed by atoms with Gasteiger partial charge >= 0.3 is 0 Å². The van der Waals surface area contributed by atoms with Crippen molar-refractivity contribution >= 4 is 44.4 Å². The van der Waals surface area contributed by atoms with E-state index in [2.05, 4.69) is 15.3 Å². The molecule has 3 rings (SSSR count). The molecule has 0 aliphatic heterocycles. The molecule has 3 aromatic rings. The first kappa shape index (κ1) is 23.1. The van der Waals surface area contributed by atoms with Crippen molar-refractivity contribution in [3.63, 3.8) is 0 Å². The summed E-state index contributed by atoms with van der Waals surface area (Å²) in [6.45, 7) is 6.37. The molecule has 31 heavy (non-hydrogen) atoms. The third kappa shape index (κ3) is 5.38. The van der Waals surface area contributed by atoms with Gasteiger partial charge in [0.05, 0.1) is 23.4 Å². The van der Waals surface area contributed by atoms with Crippen LogP contribution < -0.4 is 10.1 Å². The Hall–Kier alpha value is -2.56. The monoisotopic (exact) mass is 462 g/mol. The second kappa shape index (κ2) is 10.2. The highest BCUT2D eigenvalue weighted by Gasteiger charge is 2.26. The lowest BCUT2D eigenvalue weighted by Gasteiger charge is -2.21. The third-order valence-electron chi connectivity index (χ3n) is 4.56. The van der Waals surface area contributed by atoms with Crippen LogP contribution >= 0.6 is 11.8 Å². The number of ether oxygens (including phenoxy) is 1.